The van der Waals surface area contributed by atoms with E-state index in [4.69, 9.17) is 0 Å². The summed E-state index contributed by atoms with van der Waals surface area (Å²) in [6.07, 6.45) is -4.01. The van der Waals surface area contributed by atoms with Crippen molar-refractivity contribution in [2.45, 2.75) is 11.1 Å². The Labute approximate surface area is 130 Å². The molecule has 0 aliphatic carbocycles. The van der Waals surface area contributed by atoms with Gasteiger partial charge in [0, 0.05) is 16.7 Å². The predicted molar refractivity (Wildman–Crippen MR) is 81.5 cm³/mol. The highest BCUT2D eigenvalue weighted by molar-refractivity contribution is 8.03. The van der Waals surface area contributed by atoms with Crippen molar-refractivity contribution in [2.75, 3.05) is 5.32 Å². The lowest BCUT2D eigenvalue weighted by atomic mass is 10.3. The fraction of sp³-hybridized carbons (Fsp3) is 0.0625. The number of hydrogen-bond donors (Lipinski definition) is 1. The van der Waals surface area contributed by atoms with Gasteiger partial charge in [-0.1, -0.05) is 48.2 Å². The number of carbonyl (C=O) groups is 1. The van der Waals surface area contributed by atoms with Gasteiger partial charge < -0.3 is 5.32 Å². The van der Waals surface area contributed by atoms with E-state index in [1.54, 1.807) is 60.7 Å². The van der Waals surface area contributed by atoms with Gasteiger partial charge in [0.15, 0.2) is 0 Å². The molecular weight excluding hydrogens is 311 g/mol. The number of nitrogens with one attached hydrogen (secondary N) is 1. The van der Waals surface area contributed by atoms with E-state index in [9.17, 15) is 18.0 Å². The molecular formula is C16H12F3NOS. The van der Waals surface area contributed by atoms with E-state index in [2.05, 4.69) is 5.32 Å². The van der Waals surface area contributed by atoms with Crippen molar-refractivity contribution in [1.29, 1.82) is 0 Å². The highest BCUT2D eigenvalue weighted by Gasteiger charge is 2.35. The SMILES string of the molecule is O=C(/C=C(\Sc1ccccc1)C(F)(F)F)Nc1ccccc1. The second-order valence-electron chi connectivity index (χ2n) is 4.28. The quantitative estimate of drug-likeness (QED) is 0.643. The number of anilines is 1. The molecule has 1 amide bonds. The number of alkyl halides is 3. The number of allylic oxidation sites excluding steroid dienone is 1. The number of halogens is 3. The first-order valence-electron chi connectivity index (χ1n) is 6.33. The third kappa shape index (κ3) is 4.96. The molecule has 0 unspecified atom stereocenters. The minimum atomic E-state index is -4.59. The summed E-state index contributed by atoms with van der Waals surface area (Å²) in [5.41, 5.74) is 0.440. The van der Waals surface area contributed by atoms with Gasteiger partial charge in [0.05, 0.1) is 4.91 Å². The van der Waals surface area contributed by atoms with Crippen LogP contribution in [0.4, 0.5) is 18.9 Å². The molecule has 22 heavy (non-hydrogen) atoms. The van der Waals surface area contributed by atoms with E-state index >= 15 is 0 Å². The lowest BCUT2D eigenvalue weighted by molar-refractivity contribution is -0.113. The monoisotopic (exact) mass is 323 g/mol. The molecule has 2 rings (SSSR count). The van der Waals surface area contributed by atoms with E-state index in [0.717, 1.165) is 0 Å². The highest BCUT2D eigenvalue weighted by Crippen LogP contribution is 2.38. The summed E-state index contributed by atoms with van der Waals surface area (Å²) < 4.78 is 39.1. The highest BCUT2D eigenvalue weighted by atomic mass is 32.2. The minimum Gasteiger partial charge on any atom is -0.322 e. The van der Waals surface area contributed by atoms with Gasteiger partial charge in [-0.15, -0.1) is 0 Å². The van der Waals surface area contributed by atoms with E-state index in [1.807, 2.05) is 0 Å². The molecule has 0 aliphatic rings. The molecule has 2 aromatic rings. The van der Waals surface area contributed by atoms with Gasteiger partial charge in [-0.25, -0.2) is 0 Å². The van der Waals surface area contributed by atoms with E-state index in [-0.39, 0.29) is 0 Å². The van der Waals surface area contributed by atoms with E-state index in [0.29, 0.717) is 28.4 Å². The summed E-state index contributed by atoms with van der Waals surface area (Å²) in [6.45, 7) is 0. The van der Waals surface area contributed by atoms with Crippen molar-refractivity contribution in [3.8, 4) is 0 Å². The van der Waals surface area contributed by atoms with Gasteiger partial charge in [0.1, 0.15) is 0 Å². The number of benzene rings is 2. The smallest absolute Gasteiger partial charge is 0.322 e. The van der Waals surface area contributed by atoms with Crippen molar-refractivity contribution >= 4 is 23.4 Å². The van der Waals surface area contributed by atoms with Gasteiger partial charge in [-0.2, -0.15) is 13.2 Å². The molecule has 114 valence electrons. The Kier molecular flexibility index (Phi) is 5.27. The fourth-order valence-corrected chi connectivity index (χ4v) is 2.43. The van der Waals surface area contributed by atoms with Crippen LogP contribution >= 0.6 is 11.8 Å². The molecule has 1 N–H and O–H groups in total. The lowest BCUT2D eigenvalue weighted by Crippen LogP contribution is -2.15. The van der Waals surface area contributed by atoms with Crippen LogP contribution in [0, 0.1) is 0 Å². The van der Waals surface area contributed by atoms with E-state index < -0.39 is 17.0 Å². The Morgan fingerprint density at radius 2 is 1.50 bits per heavy atom. The summed E-state index contributed by atoms with van der Waals surface area (Å²) >= 11 is 0.510. The maximum atomic E-state index is 13.0. The Bertz CT molecular complexity index is 654. The molecule has 0 bridgehead atoms. The number of thioether (sulfide) groups is 1. The molecule has 6 heteroatoms. The predicted octanol–water partition coefficient (Wildman–Crippen LogP) is 4.86. The Morgan fingerprint density at radius 3 is 2.05 bits per heavy atom. The summed E-state index contributed by atoms with van der Waals surface area (Å²) in [5, 5.41) is 2.40. The molecule has 0 fully saturated rings. The molecule has 2 nitrogen and oxygen atoms in total. The third-order valence-corrected chi connectivity index (χ3v) is 3.63. The largest absolute Gasteiger partial charge is 0.422 e. The van der Waals surface area contributed by atoms with Crippen LogP contribution in [0.25, 0.3) is 0 Å². The second kappa shape index (κ2) is 7.17. The molecule has 0 saturated heterocycles. The standard InChI is InChI=1S/C16H12F3NOS/c17-16(18,19)14(22-13-9-5-2-6-10-13)11-15(21)20-12-7-3-1-4-8-12/h1-11H,(H,20,21)/b14-11-. The van der Waals surface area contributed by atoms with Crippen molar-refractivity contribution in [3.63, 3.8) is 0 Å². The molecule has 0 aliphatic heterocycles. The average molecular weight is 323 g/mol. The van der Waals surface area contributed by atoms with E-state index in [1.165, 1.54) is 0 Å². The summed E-state index contributed by atoms with van der Waals surface area (Å²) in [6, 6.07) is 16.4. The number of amides is 1. The zero-order valence-electron chi connectivity index (χ0n) is 11.3. The first kappa shape index (κ1) is 16.2. The Hall–Kier alpha value is -2.21. The Morgan fingerprint density at radius 1 is 0.955 bits per heavy atom. The fourth-order valence-electron chi connectivity index (χ4n) is 1.60. The van der Waals surface area contributed by atoms with Crippen LogP contribution < -0.4 is 5.32 Å². The number of carbonyl (C=O) groups excluding carboxylic acids is 1. The van der Waals surface area contributed by atoms with Gasteiger partial charge in [0.25, 0.3) is 0 Å². The zero-order chi connectivity index (χ0) is 16.0. The Balaban J connectivity index is 2.16. The molecule has 0 saturated carbocycles. The van der Waals surface area contributed by atoms with Crippen LogP contribution in [-0.4, -0.2) is 12.1 Å². The topological polar surface area (TPSA) is 29.1 Å². The average Bonchev–Trinajstić information content (AvgIpc) is 2.48. The lowest BCUT2D eigenvalue weighted by Gasteiger charge is -2.11. The minimum absolute atomic E-state index is 0.415. The number of rotatable bonds is 4. The summed E-state index contributed by atoms with van der Waals surface area (Å²) in [5.74, 6) is -0.818. The van der Waals surface area contributed by atoms with Gasteiger partial charge in [-0.05, 0) is 24.3 Å². The molecule has 2 aromatic carbocycles. The van der Waals surface area contributed by atoms with Gasteiger partial charge >= 0.3 is 6.18 Å². The number of hydrogen-bond acceptors (Lipinski definition) is 2. The zero-order valence-corrected chi connectivity index (χ0v) is 12.1. The maximum absolute atomic E-state index is 13.0. The molecule has 0 atom stereocenters. The second-order valence-corrected chi connectivity index (χ2v) is 5.39. The molecule has 0 heterocycles. The number of para-hydroxylation sites is 1. The van der Waals surface area contributed by atoms with Crippen molar-refractivity contribution in [2.24, 2.45) is 0 Å². The van der Waals surface area contributed by atoms with Gasteiger partial charge in [-0.3, -0.25) is 4.79 Å². The summed E-state index contributed by atoms with van der Waals surface area (Å²) in [4.78, 5) is 11.2. The molecule has 0 radical (unpaired) electrons. The van der Waals surface area contributed by atoms with Crippen LogP contribution in [0.1, 0.15) is 0 Å². The molecule has 0 aromatic heterocycles. The van der Waals surface area contributed by atoms with Crippen LogP contribution in [0.5, 0.6) is 0 Å². The van der Waals surface area contributed by atoms with Crippen molar-refractivity contribution < 1.29 is 18.0 Å². The van der Waals surface area contributed by atoms with Crippen LogP contribution in [0.15, 0.2) is 76.5 Å². The first-order chi connectivity index (χ1) is 10.4. The molecule has 0 spiro atoms. The first-order valence-corrected chi connectivity index (χ1v) is 7.14. The van der Waals surface area contributed by atoms with Crippen molar-refractivity contribution in [3.05, 3.63) is 71.6 Å². The van der Waals surface area contributed by atoms with Crippen LogP contribution in [0.3, 0.4) is 0 Å². The third-order valence-electron chi connectivity index (χ3n) is 2.55. The van der Waals surface area contributed by atoms with Crippen molar-refractivity contribution in [1.82, 2.24) is 0 Å². The van der Waals surface area contributed by atoms with Crippen LogP contribution in [0.2, 0.25) is 0 Å². The summed E-state index contributed by atoms with van der Waals surface area (Å²) in [7, 11) is 0. The van der Waals surface area contributed by atoms with Gasteiger partial charge in [0.2, 0.25) is 5.91 Å². The maximum Gasteiger partial charge on any atom is 0.422 e. The normalized spacial score (nSPS) is 12.0. The van der Waals surface area contributed by atoms with Crippen LogP contribution in [-0.2, 0) is 4.79 Å².